The molecule has 0 atom stereocenters. The first kappa shape index (κ1) is 26.4. The summed E-state index contributed by atoms with van der Waals surface area (Å²) in [4.78, 5) is 35.7. The smallest absolute Gasteiger partial charge is 0.336 e. The Morgan fingerprint density at radius 3 is 2.00 bits per heavy atom. The van der Waals surface area contributed by atoms with Gasteiger partial charge < -0.3 is 14.4 Å². The van der Waals surface area contributed by atoms with Crippen LogP contribution in [0.2, 0.25) is 0 Å². The zero-order valence-corrected chi connectivity index (χ0v) is 23.2. The maximum atomic E-state index is 13.5. The molecule has 0 unspecified atom stereocenters. The molecule has 0 aliphatic carbocycles. The summed E-state index contributed by atoms with van der Waals surface area (Å²) in [5.74, 6) is -1.56. The Balaban J connectivity index is 1.97. The van der Waals surface area contributed by atoms with Crippen LogP contribution in [-0.2, 0) is 19.1 Å². The van der Waals surface area contributed by atoms with Crippen LogP contribution in [0.5, 0.6) is 0 Å². The van der Waals surface area contributed by atoms with Gasteiger partial charge in [0.2, 0.25) is 0 Å². The molecular weight excluding hydrogens is 486 g/mol. The van der Waals surface area contributed by atoms with E-state index in [0.29, 0.717) is 27.7 Å². The molecule has 0 fully saturated rings. The normalized spacial score (nSPS) is 14.4. The van der Waals surface area contributed by atoms with Gasteiger partial charge in [0.15, 0.2) is 5.13 Å². The minimum absolute atomic E-state index is 0.222. The lowest BCUT2D eigenvalue weighted by Gasteiger charge is -2.36. The number of thiazole rings is 1. The molecule has 1 aromatic heterocycles. The van der Waals surface area contributed by atoms with E-state index < -0.39 is 17.9 Å². The van der Waals surface area contributed by atoms with Crippen molar-refractivity contribution < 1.29 is 19.1 Å². The lowest BCUT2D eigenvalue weighted by Crippen LogP contribution is -2.35. The average Bonchev–Trinajstić information content (AvgIpc) is 3.26. The molecule has 0 saturated carbocycles. The van der Waals surface area contributed by atoms with Crippen LogP contribution in [0.1, 0.15) is 44.7 Å². The molecule has 2 aromatic carbocycles. The monoisotopic (exact) mass is 519 g/mol. The summed E-state index contributed by atoms with van der Waals surface area (Å²) in [6.45, 7) is 9.81. The first-order valence-electron chi connectivity index (χ1n) is 12.4. The number of carbonyl (C=O) groups excluding carboxylic acids is 2. The highest BCUT2D eigenvalue weighted by Gasteiger charge is 2.41. The molecule has 7 nitrogen and oxygen atoms in total. The number of esters is 2. The van der Waals surface area contributed by atoms with Gasteiger partial charge in [-0.05, 0) is 70.0 Å². The summed E-state index contributed by atoms with van der Waals surface area (Å²) in [6, 6.07) is 14.0. The van der Waals surface area contributed by atoms with Crippen LogP contribution >= 0.6 is 11.3 Å². The molecular formula is C29H33N3O4S. The highest BCUT2D eigenvalue weighted by atomic mass is 32.1. The second-order valence-corrected chi connectivity index (χ2v) is 10.2. The Hall–Kier alpha value is -3.65. The van der Waals surface area contributed by atoms with Crippen molar-refractivity contribution in [3.63, 3.8) is 0 Å². The number of fused-ring (bicyclic) bond motifs is 1. The number of benzene rings is 2. The van der Waals surface area contributed by atoms with Crippen molar-refractivity contribution in [2.75, 3.05) is 37.1 Å². The number of anilines is 2. The van der Waals surface area contributed by atoms with Crippen LogP contribution in [0.3, 0.4) is 0 Å². The number of rotatable bonds is 7. The molecule has 0 spiro atoms. The van der Waals surface area contributed by atoms with Crippen LogP contribution in [0, 0.1) is 6.92 Å². The van der Waals surface area contributed by atoms with Crippen molar-refractivity contribution >= 4 is 44.3 Å². The van der Waals surface area contributed by atoms with E-state index >= 15 is 0 Å². The number of hydrogen-bond donors (Lipinski definition) is 0. The van der Waals surface area contributed by atoms with Crippen molar-refractivity contribution in [3.05, 3.63) is 76.1 Å². The van der Waals surface area contributed by atoms with E-state index in [1.807, 2.05) is 81.1 Å². The topological polar surface area (TPSA) is 72.0 Å². The second kappa shape index (κ2) is 10.8. The van der Waals surface area contributed by atoms with Gasteiger partial charge in [0.25, 0.3) is 0 Å². The standard InChI is InChI=1S/C29H33N3O4S/c1-8-35-27(33)24-18(4)32(29-30-22-15-10-17(3)16-23(22)37-29)19(5)25(28(34)36-9-2)26(24)20-11-13-21(14-12-20)31(6)7/h10-16,26H,8-9H2,1-7H3. The summed E-state index contributed by atoms with van der Waals surface area (Å²) in [5.41, 5.74) is 6.01. The molecule has 3 aromatic rings. The molecule has 194 valence electrons. The van der Waals surface area contributed by atoms with Gasteiger partial charge in [-0.1, -0.05) is 29.5 Å². The molecule has 0 N–H and O–H groups in total. The third-order valence-corrected chi connectivity index (χ3v) is 7.49. The summed E-state index contributed by atoms with van der Waals surface area (Å²) in [5, 5.41) is 0.681. The van der Waals surface area contributed by atoms with E-state index in [1.54, 1.807) is 13.8 Å². The fourth-order valence-corrected chi connectivity index (χ4v) is 5.87. The fraction of sp³-hybridized carbons (Fsp3) is 0.345. The van der Waals surface area contributed by atoms with Crippen LogP contribution in [-0.4, -0.2) is 44.2 Å². The van der Waals surface area contributed by atoms with Gasteiger partial charge >= 0.3 is 11.9 Å². The Bertz CT molecular complexity index is 1360. The maximum absolute atomic E-state index is 13.5. The van der Waals surface area contributed by atoms with Gasteiger partial charge in [0.05, 0.1) is 40.5 Å². The van der Waals surface area contributed by atoms with Gasteiger partial charge in [-0.2, -0.15) is 0 Å². The minimum Gasteiger partial charge on any atom is -0.463 e. The van der Waals surface area contributed by atoms with Crippen molar-refractivity contribution in [1.29, 1.82) is 0 Å². The summed E-state index contributed by atoms with van der Waals surface area (Å²) in [7, 11) is 3.93. The van der Waals surface area contributed by atoms with E-state index in [9.17, 15) is 9.59 Å². The minimum atomic E-state index is -0.637. The number of aromatic nitrogens is 1. The number of nitrogens with zero attached hydrogens (tertiary/aromatic N) is 3. The van der Waals surface area contributed by atoms with E-state index in [4.69, 9.17) is 14.5 Å². The Morgan fingerprint density at radius 1 is 0.919 bits per heavy atom. The van der Waals surface area contributed by atoms with E-state index in [0.717, 1.165) is 27.0 Å². The van der Waals surface area contributed by atoms with E-state index in [1.165, 1.54) is 11.3 Å². The van der Waals surface area contributed by atoms with Crippen LogP contribution in [0.15, 0.2) is 65.0 Å². The highest BCUT2D eigenvalue weighted by Crippen LogP contribution is 2.46. The second-order valence-electron chi connectivity index (χ2n) is 9.16. The Kier molecular flexibility index (Phi) is 7.68. The van der Waals surface area contributed by atoms with Gasteiger partial charge in [-0.3, -0.25) is 4.90 Å². The predicted octanol–water partition coefficient (Wildman–Crippen LogP) is 5.95. The number of hydrogen-bond acceptors (Lipinski definition) is 8. The lowest BCUT2D eigenvalue weighted by atomic mass is 9.79. The van der Waals surface area contributed by atoms with Crippen molar-refractivity contribution in [3.8, 4) is 0 Å². The molecule has 37 heavy (non-hydrogen) atoms. The Labute approximate surface area is 222 Å². The number of allylic oxidation sites excluding steroid dienone is 2. The lowest BCUT2D eigenvalue weighted by molar-refractivity contribution is -0.139. The molecule has 1 aliphatic rings. The van der Waals surface area contributed by atoms with Crippen molar-refractivity contribution in [2.45, 2.75) is 40.5 Å². The SMILES string of the molecule is CCOC(=O)C1=C(C)N(c2nc3ccc(C)cc3s2)C(C)=C(C(=O)OCC)C1c1ccc(N(C)C)cc1. The van der Waals surface area contributed by atoms with E-state index in [-0.39, 0.29) is 13.2 Å². The summed E-state index contributed by atoms with van der Waals surface area (Å²) >= 11 is 1.52. The van der Waals surface area contributed by atoms with Crippen LogP contribution in [0.4, 0.5) is 10.8 Å². The van der Waals surface area contributed by atoms with Crippen molar-refractivity contribution in [1.82, 2.24) is 4.98 Å². The molecule has 1 aliphatic heterocycles. The molecule has 2 heterocycles. The average molecular weight is 520 g/mol. The van der Waals surface area contributed by atoms with Gasteiger partial charge in [0.1, 0.15) is 0 Å². The van der Waals surface area contributed by atoms with Crippen LogP contribution in [0.25, 0.3) is 10.2 Å². The fourth-order valence-electron chi connectivity index (χ4n) is 4.70. The zero-order valence-electron chi connectivity index (χ0n) is 22.4. The van der Waals surface area contributed by atoms with E-state index in [2.05, 4.69) is 6.07 Å². The van der Waals surface area contributed by atoms with Crippen LogP contribution < -0.4 is 9.80 Å². The van der Waals surface area contributed by atoms with Gasteiger partial charge in [0, 0.05) is 31.2 Å². The number of aryl methyl sites for hydroxylation is 1. The first-order valence-corrected chi connectivity index (χ1v) is 13.2. The van der Waals surface area contributed by atoms with Gasteiger partial charge in [-0.25, -0.2) is 14.6 Å². The molecule has 0 saturated heterocycles. The predicted molar refractivity (Wildman–Crippen MR) is 149 cm³/mol. The molecule has 8 heteroatoms. The number of carbonyl (C=O) groups is 2. The zero-order chi connectivity index (χ0) is 26.9. The molecule has 4 rings (SSSR count). The maximum Gasteiger partial charge on any atom is 0.336 e. The quantitative estimate of drug-likeness (QED) is 0.357. The largest absolute Gasteiger partial charge is 0.463 e. The Morgan fingerprint density at radius 2 is 1.49 bits per heavy atom. The third kappa shape index (κ3) is 4.98. The molecule has 0 bridgehead atoms. The third-order valence-electron chi connectivity index (χ3n) is 6.49. The van der Waals surface area contributed by atoms with Gasteiger partial charge in [-0.15, -0.1) is 0 Å². The molecule has 0 amide bonds. The summed E-state index contributed by atoms with van der Waals surface area (Å²) in [6.07, 6.45) is 0. The molecule has 0 radical (unpaired) electrons. The number of ether oxygens (including phenoxy) is 2. The highest BCUT2D eigenvalue weighted by molar-refractivity contribution is 7.22. The van der Waals surface area contributed by atoms with Crippen molar-refractivity contribution in [2.24, 2.45) is 0 Å². The summed E-state index contributed by atoms with van der Waals surface area (Å²) < 4.78 is 12.1. The first-order chi connectivity index (χ1) is 17.7.